The van der Waals surface area contributed by atoms with Crippen molar-refractivity contribution in [3.05, 3.63) is 109 Å². The molecule has 62 heavy (non-hydrogen) atoms. The third-order valence-electron chi connectivity index (χ3n) is 10.0. The first-order valence-corrected chi connectivity index (χ1v) is 24.9. The van der Waals surface area contributed by atoms with Gasteiger partial charge in [-0.25, -0.2) is 0 Å². The summed E-state index contributed by atoms with van der Waals surface area (Å²) in [6, 6.07) is 0. The number of allylic oxidation sites excluding steroid dienone is 18. The van der Waals surface area contributed by atoms with Gasteiger partial charge in [-0.2, -0.15) is 0 Å². The molecule has 0 aliphatic rings. The second-order valence-electron chi connectivity index (χ2n) is 16.0. The van der Waals surface area contributed by atoms with E-state index in [0.717, 1.165) is 70.6 Å². The van der Waals surface area contributed by atoms with Crippen molar-refractivity contribution in [2.45, 2.75) is 213 Å². The predicted octanol–water partition coefficient (Wildman–Crippen LogP) is 16.4. The molecule has 0 aromatic heterocycles. The zero-order valence-corrected chi connectivity index (χ0v) is 39.8. The van der Waals surface area contributed by atoms with Crippen molar-refractivity contribution >= 4 is 17.9 Å². The molecule has 0 aliphatic heterocycles. The van der Waals surface area contributed by atoms with E-state index in [0.29, 0.717) is 19.3 Å². The molecule has 0 amide bonds. The molecule has 350 valence electrons. The summed E-state index contributed by atoms with van der Waals surface area (Å²) in [5, 5.41) is 0. The molecule has 0 rings (SSSR count). The minimum atomic E-state index is -0.847. The highest BCUT2D eigenvalue weighted by Crippen LogP contribution is 2.13. The Morgan fingerprint density at radius 2 is 0.661 bits per heavy atom. The van der Waals surface area contributed by atoms with Gasteiger partial charge in [0.05, 0.1) is 0 Å². The lowest BCUT2D eigenvalue weighted by Gasteiger charge is -2.18. The first-order valence-electron chi connectivity index (χ1n) is 24.9. The molecule has 0 saturated heterocycles. The largest absolute Gasteiger partial charge is 0.462 e. The van der Waals surface area contributed by atoms with Crippen molar-refractivity contribution in [1.29, 1.82) is 0 Å². The lowest BCUT2D eigenvalue weighted by Crippen LogP contribution is -2.30. The summed E-state index contributed by atoms with van der Waals surface area (Å²) < 4.78 is 16.6. The highest BCUT2D eigenvalue weighted by atomic mass is 16.6. The van der Waals surface area contributed by atoms with Crippen LogP contribution in [-0.2, 0) is 28.6 Å². The van der Waals surface area contributed by atoms with Crippen molar-refractivity contribution < 1.29 is 28.6 Å². The fraction of sp³-hybridized carbons (Fsp3) is 0.625. The van der Waals surface area contributed by atoms with Crippen LogP contribution in [0.25, 0.3) is 0 Å². The highest BCUT2D eigenvalue weighted by Gasteiger charge is 2.19. The second kappa shape index (κ2) is 49.7. The quantitative estimate of drug-likeness (QED) is 0.0263. The van der Waals surface area contributed by atoms with Gasteiger partial charge in [-0.05, 0) is 96.3 Å². The fourth-order valence-electron chi connectivity index (χ4n) is 6.35. The van der Waals surface area contributed by atoms with Crippen LogP contribution in [0.1, 0.15) is 207 Å². The van der Waals surface area contributed by atoms with Crippen molar-refractivity contribution in [1.82, 2.24) is 0 Å². The zero-order valence-electron chi connectivity index (χ0n) is 39.8. The monoisotopic (exact) mass is 859 g/mol. The van der Waals surface area contributed by atoms with E-state index in [2.05, 4.69) is 106 Å². The standard InChI is InChI=1S/C56H90O6/c1-4-7-10-13-16-19-22-25-26-27-28-29-32-34-37-40-43-46-49-55(58)61-52-53(62-56(59)50-47-44-41-38-35-31-24-21-18-15-12-9-6-3)51-60-54(57)48-45-42-39-36-33-30-23-20-17-14-11-8-5-2/h8-9,11-12,17-18,20-21,26-27,30-31,33,35,39,41-42,44,53H,4-7,10,13-16,19,22-25,28-29,32,34,36-38,40,43,45-52H2,1-3H3/b11-8-,12-9-,20-17-,21-18-,27-26-,33-30-,35-31-,42-39-,44-41-. The molecule has 0 spiro atoms. The summed E-state index contributed by atoms with van der Waals surface area (Å²) in [5.41, 5.74) is 0. The maximum atomic E-state index is 12.7. The number of carbonyl (C=O) groups is 3. The molecule has 0 N–H and O–H groups in total. The lowest BCUT2D eigenvalue weighted by molar-refractivity contribution is -0.166. The van der Waals surface area contributed by atoms with E-state index in [1.807, 2.05) is 24.3 Å². The predicted molar refractivity (Wildman–Crippen MR) is 265 cm³/mol. The van der Waals surface area contributed by atoms with Gasteiger partial charge in [0, 0.05) is 19.3 Å². The first kappa shape index (κ1) is 58.1. The molecule has 0 heterocycles. The maximum absolute atomic E-state index is 12.7. The molecule has 0 aliphatic carbocycles. The molecule has 0 aromatic carbocycles. The van der Waals surface area contributed by atoms with Crippen LogP contribution in [0.2, 0.25) is 0 Å². The van der Waals surface area contributed by atoms with Crippen LogP contribution in [-0.4, -0.2) is 37.2 Å². The van der Waals surface area contributed by atoms with Gasteiger partial charge in [0.15, 0.2) is 6.10 Å². The maximum Gasteiger partial charge on any atom is 0.306 e. The van der Waals surface area contributed by atoms with Gasteiger partial charge in [0.1, 0.15) is 13.2 Å². The minimum Gasteiger partial charge on any atom is -0.462 e. The summed E-state index contributed by atoms with van der Waals surface area (Å²) in [6.45, 7) is 6.25. The SMILES string of the molecule is CC/C=C\C/C=C\C/C=C\C/C=C\CCC(=O)OCC(COC(=O)CCCCCCCCC/C=C\CCCCCCCCC)OC(=O)CC/C=C\C/C=C\C/C=C\C/C=C\CC. The smallest absolute Gasteiger partial charge is 0.306 e. The van der Waals surface area contributed by atoms with Gasteiger partial charge in [-0.15, -0.1) is 0 Å². The third kappa shape index (κ3) is 47.1. The Morgan fingerprint density at radius 1 is 0.339 bits per heavy atom. The van der Waals surface area contributed by atoms with Crippen LogP contribution in [0.3, 0.4) is 0 Å². The van der Waals surface area contributed by atoms with Crippen LogP contribution in [0.4, 0.5) is 0 Å². The molecule has 0 aromatic rings. The number of esters is 3. The van der Waals surface area contributed by atoms with Gasteiger partial charge in [0.2, 0.25) is 0 Å². The van der Waals surface area contributed by atoms with Gasteiger partial charge in [0.25, 0.3) is 0 Å². The molecular weight excluding hydrogens is 769 g/mol. The van der Waals surface area contributed by atoms with E-state index >= 15 is 0 Å². The minimum absolute atomic E-state index is 0.133. The molecule has 0 fully saturated rings. The average Bonchev–Trinajstić information content (AvgIpc) is 3.27. The van der Waals surface area contributed by atoms with Crippen LogP contribution in [0.15, 0.2) is 109 Å². The average molecular weight is 859 g/mol. The summed E-state index contributed by atoms with van der Waals surface area (Å²) in [6.07, 6.45) is 66.8. The number of ether oxygens (including phenoxy) is 3. The van der Waals surface area contributed by atoms with E-state index in [1.54, 1.807) is 0 Å². The number of hydrogen-bond donors (Lipinski definition) is 0. The second-order valence-corrected chi connectivity index (χ2v) is 16.0. The summed E-state index contributed by atoms with van der Waals surface area (Å²) in [4.78, 5) is 37.8. The van der Waals surface area contributed by atoms with E-state index in [4.69, 9.17) is 14.2 Å². The molecule has 6 heteroatoms. The molecule has 1 atom stereocenters. The Morgan fingerprint density at radius 3 is 1.08 bits per heavy atom. The molecule has 0 saturated carbocycles. The molecule has 0 bridgehead atoms. The normalized spacial score (nSPS) is 13.0. The van der Waals surface area contributed by atoms with Gasteiger partial charge >= 0.3 is 17.9 Å². The summed E-state index contributed by atoms with van der Waals surface area (Å²) in [7, 11) is 0. The van der Waals surface area contributed by atoms with Crippen LogP contribution in [0.5, 0.6) is 0 Å². The Kier molecular flexibility index (Phi) is 46.6. The Hall–Kier alpha value is -3.93. The number of hydrogen-bond acceptors (Lipinski definition) is 6. The first-order chi connectivity index (χ1) is 30.5. The Balaban J connectivity index is 4.53. The van der Waals surface area contributed by atoms with Gasteiger partial charge < -0.3 is 14.2 Å². The van der Waals surface area contributed by atoms with Crippen LogP contribution < -0.4 is 0 Å². The fourth-order valence-corrected chi connectivity index (χ4v) is 6.35. The van der Waals surface area contributed by atoms with Gasteiger partial charge in [-0.3, -0.25) is 14.4 Å². The van der Waals surface area contributed by atoms with E-state index in [9.17, 15) is 14.4 Å². The Bertz CT molecular complexity index is 1310. The lowest BCUT2D eigenvalue weighted by atomic mass is 10.1. The molecular formula is C56H90O6. The van der Waals surface area contributed by atoms with E-state index in [-0.39, 0.29) is 38.0 Å². The molecule has 0 radical (unpaired) electrons. The van der Waals surface area contributed by atoms with Crippen molar-refractivity contribution in [3.63, 3.8) is 0 Å². The Labute approximate surface area is 380 Å². The van der Waals surface area contributed by atoms with Crippen LogP contribution in [0, 0.1) is 0 Å². The number of rotatable bonds is 43. The van der Waals surface area contributed by atoms with E-state index in [1.165, 1.54) is 83.5 Å². The number of unbranched alkanes of at least 4 members (excludes halogenated alkanes) is 14. The van der Waals surface area contributed by atoms with Crippen molar-refractivity contribution in [2.24, 2.45) is 0 Å². The van der Waals surface area contributed by atoms with Crippen LogP contribution >= 0.6 is 0 Å². The number of carbonyl (C=O) groups excluding carboxylic acids is 3. The van der Waals surface area contributed by atoms with Crippen molar-refractivity contribution in [3.8, 4) is 0 Å². The molecule has 6 nitrogen and oxygen atoms in total. The summed E-state index contributed by atoms with van der Waals surface area (Å²) in [5.74, 6) is -1.11. The third-order valence-corrected chi connectivity index (χ3v) is 10.0. The topological polar surface area (TPSA) is 78.9 Å². The molecule has 1 unspecified atom stereocenters. The van der Waals surface area contributed by atoms with Gasteiger partial charge in [-0.1, -0.05) is 201 Å². The van der Waals surface area contributed by atoms with E-state index < -0.39 is 12.1 Å². The van der Waals surface area contributed by atoms with Crippen molar-refractivity contribution in [2.75, 3.05) is 13.2 Å². The highest BCUT2D eigenvalue weighted by molar-refractivity contribution is 5.71. The zero-order chi connectivity index (χ0) is 45.1. The summed E-state index contributed by atoms with van der Waals surface area (Å²) >= 11 is 0.